The lowest BCUT2D eigenvalue weighted by molar-refractivity contribution is -0.137. The molecule has 0 aliphatic heterocycles. The number of alkyl halides is 3. The van der Waals surface area contributed by atoms with Gasteiger partial charge in [0.15, 0.2) is 11.5 Å². The van der Waals surface area contributed by atoms with E-state index in [1.165, 1.54) is 6.07 Å². The fourth-order valence-electron chi connectivity index (χ4n) is 1.99. The molecule has 2 aromatic heterocycles. The average molecular weight is 277 g/mol. The van der Waals surface area contributed by atoms with Crippen molar-refractivity contribution in [1.29, 1.82) is 0 Å². The van der Waals surface area contributed by atoms with Gasteiger partial charge < -0.3 is 0 Å². The zero-order valence-electron chi connectivity index (χ0n) is 10.3. The fourth-order valence-corrected chi connectivity index (χ4v) is 1.99. The summed E-state index contributed by atoms with van der Waals surface area (Å²) in [4.78, 5) is 4.27. The van der Waals surface area contributed by atoms with Gasteiger partial charge in [0, 0.05) is 12.6 Å². The van der Waals surface area contributed by atoms with E-state index in [9.17, 15) is 13.2 Å². The Bertz CT molecular complexity index is 714. The SMILES string of the molecule is FC(F)(F)c1cccc(Cc2nc3ccccn3n2)c1. The van der Waals surface area contributed by atoms with Gasteiger partial charge in [-0.1, -0.05) is 24.3 Å². The minimum atomic E-state index is -4.33. The number of hydrogen-bond acceptors (Lipinski definition) is 2. The third-order valence-electron chi connectivity index (χ3n) is 2.90. The van der Waals surface area contributed by atoms with Gasteiger partial charge >= 0.3 is 6.18 Å². The van der Waals surface area contributed by atoms with Crippen LogP contribution in [0.1, 0.15) is 17.0 Å². The fraction of sp³-hybridized carbons (Fsp3) is 0.143. The largest absolute Gasteiger partial charge is 0.416 e. The highest BCUT2D eigenvalue weighted by Crippen LogP contribution is 2.29. The molecule has 0 unspecified atom stereocenters. The first-order valence-electron chi connectivity index (χ1n) is 5.99. The van der Waals surface area contributed by atoms with Crippen molar-refractivity contribution in [3.05, 3.63) is 65.6 Å². The minimum absolute atomic E-state index is 0.269. The molecule has 3 nitrogen and oxygen atoms in total. The molecule has 0 amide bonds. The third kappa shape index (κ3) is 2.49. The Morgan fingerprint density at radius 1 is 1.05 bits per heavy atom. The number of hydrogen-bond donors (Lipinski definition) is 0. The van der Waals surface area contributed by atoms with Gasteiger partial charge in [0.2, 0.25) is 0 Å². The van der Waals surface area contributed by atoms with Crippen LogP contribution in [-0.4, -0.2) is 14.6 Å². The molecule has 102 valence electrons. The quantitative estimate of drug-likeness (QED) is 0.719. The molecule has 0 bridgehead atoms. The molecule has 0 atom stereocenters. The highest BCUT2D eigenvalue weighted by atomic mass is 19.4. The van der Waals surface area contributed by atoms with Crippen molar-refractivity contribution in [1.82, 2.24) is 14.6 Å². The molecule has 20 heavy (non-hydrogen) atoms. The second-order valence-corrected chi connectivity index (χ2v) is 4.41. The monoisotopic (exact) mass is 277 g/mol. The summed E-state index contributed by atoms with van der Waals surface area (Å²) in [5.41, 5.74) is 0.559. The highest BCUT2D eigenvalue weighted by Gasteiger charge is 2.30. The Kier molecular flexibility index (Phi) is 2.93. The molecule has 6 heteroatoms. The van der Waals surface area contributed by atoms with Gasteiger partial charge in [-0.15, -0.1) is 0 Å². The summed E-state index contributed by atoms with van der Waals surface area (Å²) in [6.45, 7) is 0. The first kappa shape index (κ1) is 12.7. The van der Waals surface area contributed by atoms with Crippen molar-refractivity contribution in [2.45, 2.75) is 12.6 Å². The Balaban J connectivity index is 1.91. The summed E-state index contributed by atoms with van der Waals surface area (Å²) in [6, 6.07) is 10.7. The van der Waals surface area contributed by atoms with E-state index in [4.69, 9.17) is 0 Å². The Labute approximate surface area is 112 Å². The average Bonchev–Trinajstić information content (AvgIpc) is 2.80. The molecule has 1 aromatic carbocycles. The zero-order valence-corrected chi connectivity index (χ0v) is 10.3. The van der Waals surface area contributed by atoms with Crippen molar-refractivity contribution < 1.29 is 13.2 Å². The van der Waals surface area contributed by atoms with Crippen molar-refractivity contribution >= 4 is 5.65 Å². The van der Waals surface area contributed by atoms with Crippen LogP contribution in [0, 0.1) is 0 Å². The van der Waals surface area contributed by atoms with Gasteiger partial charge in [0.05, 0.1) is 5.56 Å². The summed E-state index contributed by atoms with van der Waals surface area (Å²) >= 11 is 0. The van der Waals surface area contributed by atoms with Gasteiger partial charge in [0.1, 0.15) is 0 Å². The van der Waals surface area contributed by atoms with Crippen LogP contribution < -0.4 is 0 Å². The minimum Gasteiger partial charge on any atom is -0.221 e. The van der Waals surface area contributed by atoms with Crippen molar-refractivity contribution in [3.8, 4) is 0 Å². The molecule has 0 radical (unpaired) electrons. The number of fused-ring (bicyclic) bond motifs is 1. The smallest absolute Gasteiger partial charge is 0.221 e. The van der Waals surface area contributed by atoms with Crippen LogP contribution in [0.5, 0.6) is 0 Å². The van der Waals surface area contributed by atoms with E-state index >= 15 is 0 Å². The van der Waals surface area contributed by atoms with Crippen LogP contribution in [0.3, 0.4) is 0 Å². The van der Waals surface area contributed by atoms with Crippen LogP contribution in [0.2, 0.25) is 0 Å². The van der Waals surface area contributed by atoms with Gasteiger partial charge in [-0.2, -0.15) is 18.3 Å². The third-order valence-corrected chi connectivity index (χ3v) is 2.90. The normalized spacial score (nSPS) is 11.9. The molecule has 0 saturated heterocycles. The topological polar surface area (TPSA) is 30.2 Å². The molecule has 3 aromatic rings. The molecule has 2 heterocycles. The molecule has 0 fully saturated rings. The zero-order chi connectivity index (χ0) is 14.2. The second-order valence-electron chi connectivity index (χ2n) is 4.41. The summed E-state index contributed by atoms with van der Waals surface area (Å²) in [7, 11) is 0. The maximum atomic E-state index is 12.6. The van der Waals surface area contributed by atoms with E-state index in [1.807, 2.05) is 12.1 Å². The predicted molar refractivity (Wildman–Crippen MR) is 67.2 cm³/mol. The summed E-state index contributed by atoms with van der Waals surface area (Å²) in [6.07, 6.45) is -2.31. The Morgan fingerprint density at radius 2 is 1.90 bits per heavy atom. The molecule has 3 rings (SSSR count). The van der Waals surface area contributed by atoms with Gasteiger partial charge in [-0.05, 0) is 23.8 Å². The molecule has 0 N–H and O–H groups in total. The van der Waals surface area contributed by atoms with E-state index in [0.717, 1.165) is 12.1 Å². The number of nitrogens with zero attached hydrogens (tertiary/aromatic N) is 3. The first-order valence-corrected chi connectivity index (χ1v) is 5.99. The van der Waals surface area contributed by atoms with E-state index in [0.29, 0.717) is 17.0 Å². The summed E-state index contributed by atoms with van der Waals surface area (Å²) in [5, 5.41) is 4.22. The van der Waals surface area contributed by atoms with Crippen LogP contribution in [0.15, 0.2) is 48.7 Å². The molecule has 0 aliphatic carbocycles. The number of rotatable bonds is 2. The van der Waals surface area contributed by atoms with Crippen molar-refractivity contribution in [2.24, 2.45) is 0 Å². The van der Waals surface area contributed by atoms with Crippen LogP contribution in [0.25, 0.3) is 5.65 Å². The Morgan fingerprint density at radius 3 is 2.65 bits per heavy atom. The van der Waals surface area contributed by atoms with E-state index in [-0.39, 0.29) is 6.42 Å². The molecular formula is C14H10F3N3. The Hall–Kier alpha value is -2.37. The van der Waals surface area contributed by atoms with Crippen molar-refractivity contribution in [3.63, 3.8) is 0 Å². The van der Waals surface area contributed by atoms with Crippen molar-refractivity contribution in [2.75, 3.05) is 0 Å². The standard InChI is InChI=1S/C14H10F3N3/c15-14(16,17)11-5-3-4-10(8-11)9-12-18-13-6-1-2-7-20(13)19-12/h1-8H,9H2. The lowest BCUT2D eigenvalue weighted by atomic mass is 10.1. The maximum absolute atomic E-state index is 12.6. The van der Waals surface area contributed by atoms with E-state index < -0.39 is 11.7 Å². The first-order chi connectivity index (χ1) is 9.52. The number of pyridine rings is 1. The second kappa shape index (κ2) is 4.63. The summed E-state index contributed by atoms with van der Waals surface area (Å²) in [5.74, 6) is 0.496. The number of aromatic nitrogens is 3. The molecule has 0 aliphatic rings. The highest BCUT2D eigenvalue weighted by molar-refractivity contribution is 5.37. The van der Waals surface area contributed by atoms with E-state index in [1.54, 1.807) is 22.8 Å². The maximum Gasteiger partial charge on any atom is 0.416 e. The van der Waals surface area contributed by atoms with E-state index in [2.05, 4.69) is 10.1 Å². The molecule has 0 saturated carbocycles. The lowest BCUT2D eigenvalue weighted by Crippen LogP contribution is -2.05. The van der Waals surface area contributed by atoms with Crippen LogP contribution in [-0.2, 0) is 12.6 Å². The van der Waals surface area contributed by atoms with Gasteiger partial charge in [-0.3, -0.25) is 0 Å². The van der Waals surface area contributed by atoms with Gasteiger partial charge in [-0.25, -0.2) is 9.50 Å². The van der Waals surface area contributed by atoms with Crippen LogP contribution >= 0.6 is 0 Å². The molecule has 0 spiro atoms. The summed E-state index contributed by atoms with van der Waals surface area (Å²) < 4.78 is 39.5. The van der Waals surface area contributed by atoms with Gasteiger partial charge in [0.25, 0.3) is 0 Å². The molecular weight excluding hydrogens is 267 g/mol. The van der Waals surface area contributed by atoms with Crippen LogP contribution in [0.4, 0.5) is 13.2 Å². The predicted octanol–water partition coefficient (Wildman–Crippen LogP) is 3.34. The number of halogens is 3. The lowest BCUT2D eigenvalue weighted by Gasteiger charge is -2.07. The number of benzene rings is 1.